The normalized spacial score (nSPS) is 14.4. The second-order valence-electron chi connectivity index (χ2n) is 16.0. The first-order valence-corrected chi connectivity index (χ1v) is 22.0. The maximum atomic E-state index is 15.5. The van der Waals surface area contributed by atoms with Crippen molar-refractivity contribution in [1.29, 1.82) is 0 Å². The SMILES string of the molecule is CC(C)(Cc1cn(C(c2ccccc2)(c2ccccc2)c2ccccc2)c(CC(O)(c2ccc(-c3ccc(F)cn3)cc2)C(F)F)n1)C(O[Si](C)(C)C)C(F)(F)F. The molecule has 0 bridgehead atoms. The molecule has 0 aliphatic carbocycles. The van der Waals surface area contributed by atoms with Crippen molar-refractivity contribution in [2.24, 2.45) is 5.41 Å². The monoisotopic (exact) mass is 801 g/mol. The molecule has 2 atom stereocenters. The second-order valence-corrected chi connectivity index (χ2v) is 20.4. The van der Waals surface area contributed by atoms with Crippen molar-refractivity contribution < 1.29 is 35.9 Å². The van der Waals surface area contributed by atoms with E-state index in [0.717, 1.165) is 22.9 Å². The molecule has 5 nitrogen and oxygen atoms in total. The summed E-state index contributed by atoms with van der Waals surface area (Å²) < 4.78 is 96.4. The number of nitrogens with zero attached hydrogens (tertiary/aromatic N) is 3. The van der Waals surface area contributed by atoms with E-state index in [9.17, 15) is 22.7 Å². The van der Waals surface area contributed by atoms with E-state index in [4.69, 9.17) is 9.41 Å². The summed E-state index contributed by atoms with van der Waals surface area (Å²) in [6.45, 7) is 8.01. The fraction of sp³-hybridized carbons (Fsp3) is 0.289. The van der Waals surface area contributed by atoms with E-state index in [0.29, 0.717) is 11.3 Å². The molecule has 6 aromatic rings. The third-order valence-electron chi connectivity index (χ3n) is 10.1. The predicted molar refractivity (Wildman–Crippen MR) is 212 cm³/mol. The average Bonchev–Trinajstić information content (AvgIpc) is 3.55. The van der Waals surface area contributed by atoms with Crippen LogP contribution in [0.3, 0.4) is 0 Å². The number of alkyl halides is 5. The van der Waals surface area contributed by atoms with Crippen molar-refractivity contribution in [3.63, 3.8) is 0 Å². The number of pyridine rings is 1. The van der Waals surface area contributed by atoms with Gasteiger partial charge >= 0.3 is 6.18 Å². The highest BCUT2D eigenvalue weighted by molar-refractivity contribution is 6.69. The molecule has 0 saturated carbocycles. The van der Waals surface area contributed by atoms with E-state index in [1.165, 1.54) is 50.2 Å². The van der Waals surface area contributed by atoms with E-state index in [2.05, 4.69) is 4.98 Å². The third-order valence-corrected chi connectivity index (χ3v) is 11.0. The van der Waals surface area contributed by atoms with Crippen LogP contribution in [0.4, 0.5) is 26.3 Å². The van der Waals surface area contributed by atoms with Crippen LogP contribution < -0.4 is 0 Å². The lowest BCUT2D eigenvalue weighted by molar-refractivity contribution is -0.227. The van der Waals surface area contributed by atoms with Crippen LogP contribution >= 0.6 is 0 Å². The topological polar surface area (TPSA) is 60.2 Å². The van der Waals surface area contributed by atoms with E-state index < -0.39 is 55.8 Å². The van der Waals surface area contributed by atoms with Gasteiger partial charge in [-0.3, -0.25) is 4.98 Å². The largest absolute Gasteiger partial charge is 0.413 e. The zero-order valence-electron chi connectivity index (χ0n) is 32.3. The first-order valence-electron chi connectivity index (χ1n) is 18.6. The van der Waals surface area contributed by atoms with E-state index in [-0.39, 0.29) is 23.5 Å². The molecule has 2 aromatic heterocycles. The highest BCUT2D eigenvalue weighted by Crippen LogP contribution is 2.45. The Hall–Kier alpha value is -5.04. The first kappa shape index (κ1) is 41.6. The van der Waals surface area contributed by atoms with Gasteiger partial charge in [-0.15, -0.1) is 0 Å². The van der Waals surface area contributed by atoms with Crippen molar-refractivity contribution in [1.82, 2.24) is 14.5 Å². The Kier molecular flexibility index (Phi) is 11.7. The van der Waals surface area contributed by atoms with Crippen LogP contribution in [0.25, 0.3) is 11.3 Å². The number of rotatable bonds is 14. The molecule has 12 heteroatoms. The molecule has 0 aliphatic rings. The molecule has 6 rings (SSSR count). The lowest BCUT2D eigenvalue weighted by atomic mass is 9.76. The average molecular weight is 802 g/mol. The Bertz CT molecular complexity index is 2130. The molecular weight excluding hydrogens is 757 g/mol. The van der Waals surface area contributed by atoms with Gasteiger partial charge in [0.1, 0.15) is 23.3 Å². The Morgan fingerprint density at radius 2 is 1.21 bits per heavy atom. The number of aromatic nitrogens is 3. The molecule has 2 heterocycles. The zero-order valence-corrected chi connectivity index (χ0v) is 33.3. The third kappa shape index (κ3) is 8.78. The molecule has 4 aromatic carbocycles. The molecule has 2 unspecified atom stereocenters. The molecule has 1 N–H and O–H groups in total. The van der Waals surface area contributed by atoms with Gasteiger partial charge in [-0.25, -0.2) is 18.2 Å². The van der Waals surface area contributed by atoms with Gasteiger partial charge in [0.2, 0.25) is 0 Å². The minimum atomic E-state index is -4.71. The van der Waals surface area contributed by atoms with Gasteiger partial charge < -0.3 is 14.1 Å². The maximum absolute atomic E-state index is 15.5. The predicted octanol–water partition coefficient (Wildman–Crippen LogP) is 11.0. The molecule has 0 spiro atoms. The van der Waals surface area contributed by atoms with Gasteiger partial charge in [-0.1, -0.05) is 129 Å². The highest BCUT2D eigenvalue weighted by Gasteiger charge is 2.52. The van der Waals surface area contributed by atoms with E-state index >= 15 is 8.78 Å². The molecule has 57 heavy (non-hydrogen) atoms. The van der Waals surface area contributed by atoms with Crippen molar-refractivity contribution in [2.45, 2.75) is 76.2 Å². The summed E-state index contributed by atoms with van der Waals surface area (Å²) in [6, 6.07) is 36.5. The van der Waals surface area contributed by atoms with Gasteiger partial charge in [0.05, 0.1) is 17.6 Å². The van der Waals surface area contributed by atoms with Crippen molar-refractivity contribution >= 4 is 8.32 Å². The van der Waals surface area contributed by atoms with E-state index in [1.54, 1.807) is 30.4 Å². The van der Waals surface area contributed by atoms with Crippen molar-refractivity contribution in [3.8, 4) is 11.3 Å². The first-order chi connectivity index (χ1) is 26.8. The maximum Gasteiger partial charge on any atom is 0.413 e. The summed E-state index contributed by atoms with van der Waals surface area (Å²) >= 11 is 0. The molecule has 0 fully saturated rings. The van der Waals surface area contributed by atoms with Crippen LogP contribution in [0.2, 0.25) is 19.6 Å². The Labute approximate surface area is 330 Å². The summed E-state index contributed by atoms with van der Waals surface area (Å²) in [5.41, 5.74) is -2.50. The summed E-state index contributed by atoms with van der Waals surface area (Å²) in [4.78, 5) is 8.95. The van der Waals surface area contributed by atoms with Gasteiger partial charge in [-0.2, -0.15) is 13.2 Å². The number of hydrogen-bond donors (Lipinski definition) is 1. The van der Waals surface area contributed by atoms with Crippen molar-refractivity contribution in [2.75, 3.05) is 0 Å². The quantitative estimate of drug-likeness (QED) is 0.0677. The number of imidazole rings is 1. The van der Waals surface area contributed by atoms with Gasteiger partial charge in [-0.05, 0) is 60.4 Å². The van der Waals surface area contributed by atoms with E-state index in [1.807, 2.05) is 91.0 Å². The minimum Gasteiger partial charge on any atom is -0.406 e. The summed E-state index contributed by atoms with van der Waals surface area (Å²) in [5.74, 6) is -0.519. The standard InChI is InChI=1S/C45H45F6N3O2Si/c1-42(2,40(45(49,50)51)56-57(3,4)5)27-37-30-54(44(33-15-9-6-10-16-33,34-17-11-7-12-18-34)35-19-13-8-14-20-35)39(53-37)28-43(55,41(47)48)32-23-21-31(22-24-32)38-26-25-36(46)29-52-38/h6-26,29-30,40-41,55H,27-28H2,1-5H3. The molecule has 0 amide bonds. The molecule has 298 valence electrons. The van der Waals surface area contributed by atoms with Crippen LogP contribution in [-0.4, -0.2) is 46.7 Å². The Morgan fingerprint density at radius 3 is 1.63 bits per heavy atom. The fourth-order valence-corrected chi connectivity index (χ4v) is 8.69. The van der Waals surface area contributed by atoms with Crippen LogP contribution in [0.15, 0.2) is 140 Å². The smallest absolute Gasteiger partial charge is 0.406 e. The summed E-state index contributed by atoms with van der Waals surface area (Å²) in [6.07, 6.45) is -8.45. The van der Waals surface area contributed by atoms with Crippen LogP contribution in [0.5, 0.6) is 0 Å². The molecule has 0 saturated heterocycles. The summed E-state index contributed by atoms with van der Waals surface area (Å²) in [7, 11) is -2.72. The molecule has 0 aliphatic heterocycles. The Morgan fingerprint density at radius 1 is 0.702 bits per heavy atom. The van der Waals surface area contributed by atoms with Crippen LogP contribution in [-0.2, 0) is 28.4 Å². The number of halogens is 6. The van der Waals surface area contributed by atoms with Crippen molar-refractivity contribution in [3.05, 3.63) is 179 Å². The highest BCUT2D eigenvalue weighted by atomic mass is 28.4. The number of hydrogen-bond acceptors (Lipinski definition) is 4. The lowest BCUT2D eigenvalue weighted by Crippen LogP contribution is -2.50. The number of benzene rings is 4. The fourth-order valence-electron chi connectivity index (χ4n) is 7.53. The number of aliphatic hydroxyl groups is 1. The lowest BCUT2D eigenvalue weighted by Gasteiger charge is -2.40. The molecule has 0 radical (unpaired) electrons. The van der Waals surface area contributed by atoms with Gasteiger partial charge in [0, 0.05) is 23.6 Å². The van der Waals surface area contributed by atoms with Gasteiger partial charge in [0.25, 0.3) is 6.43 Å². The second kappa shape index (κ2) is 16.1. The van der Waals surface area contributed by atoms with Crippen LogP contribution in [0.1, 0.15) is 47.6 Å². The zero-order chi connectivity index (χ0) is 41.2. The minimum absolute atomic E-state index is 0.0131. The molecular formula is C45H45F6N3O2Si. The van der Waals surface area contributed by atoms with Crippen LogP contribution in [0, 0.1) is 11.2 Å². The van der Waals surface area contributed by atoms with Gasteiger partial charge in [0.15, 0.2) is 13.9 Å². The Balaban J connectivity index is 1.59. The summed E-state index contributed by atoms with van der Waals surface area (Å²) in [5, 5.41) is 12.1.